The summed E-state index contributed by atoms with van der Waals surface area (Å²) in [5, 5.41) is 7.09. The van der Waals surface area contributed by atoms with Gasteiger partial charge >= 0.3 is 0 Å². The number of ether oxygens (including phenoxy) is 1. The standard InChI is InChI=1S/C19H17NO2S/c1-22-12-14-4-2-6-16(10-14)19(21)20-18-7-3-5-15(11-18)17-8-9-23-13-17/h2-11,13H,12H2,1H3,(H,20,21). The fourth-order valence-corrected chi connectivity index (χ4v) is 3.04. The molecule has 0 saturated carbocycles. The van der Waals surface area contributed by atoms with Crippen molar-refractivity contribution in [2.75, 3.05) is 12.4 Å². The highest BCUT2D eigenvalue weighted by atomic mass is 32.1. The Labute approximate surface area is 139 Å². The fraction of sp³-hybridized carbons (Fsp3) is 0.105. The number of rotatable bonds is 5. The SMILES string of the molecule is COCc1cccc(C(=O)Nc2cccc(-c3ccsc3)c2)c1. The zero-order valence-electron chi connectivity index (χ0n) is 12.8. The van der Waals surface area contributed by atoms with E-state index >= 15 is 0 Å². The van der Waals surface area contributed by atoms with Crippen LogP contribution in [0.5, 0.6) is 0 Å². The van der Waals surface area contributed by atoms with Gasteiger partial charge in [0, 0.05) is 18.4 Å². The maximum atomic E-state index is 12.4. The highest BCUT2D eigenvalue weighted by Crippen LogP contribution is 2.25. The molecule has 1 amide bonds. The van der Waals surface area contributed by atoms with Crippen LogP contribution in [0.1, 0.15) is 15.9 Å². The Balaban J connectivity index is 1.78. The van der Waals surface area contributed by atoms with Crippen LogP contribution in [-0.2, 0) is 11.3 Å². The molecule has 116 valence electrons. The molecule has 1 aromatic heterocycles. The number of carbonyl (C=O) groups excluding carboxylic acids is 1. The van der Waals surface area contributed by atoms with Gasteiger partial charge in [-0.3, -0.25) is 4.79 Å². The van der Waals surface area contributed by atoms with Gasteiger partial charge in [-0.15, -0.1) is 0 Å². The zero-order valence-corrected chi connectivity index (χ0v) is 13.6. The molecule has 0 spiro atoms. The Hall–Kier alpha value is -2.43. The summed E-state index contributed by atoms with van der Waals surface area (Å²) in [7, 11) is 1.64. The molecule has 0 bridgehead atoms. The summed E-state index contributed by atoms with van der Waals surface area (Å²) in [6.45, 7) is 0.495. The van der Waals surface area contributed by atoms with E-state index in [1.807, 2.05) is 47.8 Å². The second kappa shape index (κ2) is 7.22. The predicted molar refractivity (Wildman–Crippen MR) is 94.9 cm³/mol. The van der Waals surface area contributed by atoms with E-state index in [1.165, 1.54) is 0 Å². The largest absolute Gasteiger partial charge is 0.380 e. The van der Waals surface area contributed by atoms with Crippen molar-refractivity contribution in [3.63, 3.8) is 0 Å². The van der Waals surface area contributed by atoms with E-state index < -0.39 is 0 Å². The monoisotopic (exact) mass is 323 g/mol. The number of thiophene rings is 1. The lowest BCUT2D eigenvalue weighted by Crippen LogP contribution is -2.12. The minimum Gasteiger partial charge on any atom is -0.380 e. The molecule has 23 heavy (non-hydrogen) atoms. The van der Waals surface area contributed by atoms with E-state index in [-0.39, 0.29) is 5.91 Å². The maximum Gasteiger partial charge on any atom is 0.255 e. The van der Waals surface area contributed by atoms with E-state index in [0.29, 0.717) is 12.2 Å². The Kier molecular flexibility index (Phi) is 4.86. The zero-order chi connectivity index (χ0) is 16.1. The van der Waals surface area contributed by atoms with Crippen LogP contribution in [0.2, 0.25) is 0 Å². The average molecular weight is 323 g/mol. The van der Waals surface area contributed by atoms with Gasteiger partial charge in [0.25, 0.3) is 5.91 Å². The molecule has 0 aliphatic rings. The molecule has 3 rings (SSSR count). The van der Waals surface area contributed by atoms with Gasteiger partial charge in [0.1, 0.15) is 0 Å². The van der Waals surface area contributed by atoms with Crippen molar-refractivity contribution in [3.8, 4) is 11.1 Å². The number of carbonyl (C=O) groups is 1. The fourth-order valence-electron chi connectivity index (χ4n) is 2.38. The van der Waals surface area contributed by atoms with Crippen molar-refractivity contribution in [3.05, 3.63) is 76.5 Å². The predicted octanol–water partition coefficient (Wildman–Crippen LogP) is 4.81. The molecule has 0 atom stereocenters. The summed E-state index contributed by atoms with van der Waals surface area (Å²) >= 11 is 1.66. The summed E-state index contributed by atoms with van der Waals surface area (Å²) in [5.41, 5.74) is 4.65. The van der Waals surface area contributed by atoms with E-state index in [2.05, 4.69) is 16.8 Å². The molecule has 4 heteroatoms. The molecule has 2 aromatic carbocycles. The lowest BCUT2D eigenvalue weighted by Gasteiger charge is -2.08. The number of nitrogens with one attached hydrogen (secondary N) is 1. The Morgan fingerprint density at radius 3 is 2.74 bits per heavy atom. The van der Waals surface area contributed by atoms with E-state index in [9.17, 15) is 4.79 Å². The maximum absolute atomic E-state index is 12.4. The van der Waals surface area contributed by atoms with E-state index in [4.69, 9.17) is 4.74 Å². The van der Waals surface area contributed by atoms with Crippen LogP contribution < -0.4 is 5.32 Å². The molecular weight excluding hydrogens is 306 g/mol. The average Bonchev–Trinajstić information content (AvgIpc) is 3.10. The second-order valence-electron chi connectivity index (χ2n) is 5.18. The topological polar surface area (TPSA) is 38.3 Å². The van der Waals surface area contributed by atoms with E-state index in [0.717, 1.165) is 22.4 Å². The molecule has 0 fully saturated rings. The third-order valence-electron chi connectivity index (χ3n) is 3.48. The highest BCUT2D eigenvalue weighted by molar-refractivity contribution is 7.08. The second-order valence-corrected chi connectivity index (χ2v) is 5.96. The molecule has 3 aromatic rings. The molecule has 0 radical (unpaired) electrons. The first-order valence-electron chi connectivity index (χ1n) is 7.28. The van der Waals surface area contributed by atoms with Gasteiger partial charge in [0.15, 0.2) is 0 Å². The van der Waals surface area contributed by atoms with Crippen molar-refractivity contribution < 1.29 is 9.53 Å². The minimum absolute atomic E-state index is 0.120. The van der Waals surface area contributed by atoms with Crippen LogP contribution in [0.15, 0.2) is 65.4 Å². The summed E-state index contributed by atoms with van der Waals surface area (Å²) in [5.74, 6) is -0.120. The van der Waals surface area contributed by atoms with Gasteiger partial charge in [-0.2, -0.15) is 11.3 Å². The van der Waals surface area contributed by atoms with Crippen LogP contribution in [-0.4, -0.2) is 13.0 Å². The van der Waals surface area contributed by atoms with Crippen molar-refractivity contribution in [2.24, 2.45) is 0 Å². The van der Waals surface area contributed by atoms with Crippen LogP contribution in [0.3, 0.4) is 0 Å². The van der Waals surface area contributed by atoms with Crippen molar-refractivity contribution >= 4 is 22.9 Å². The lowest BCUT2D eigenvalue weighted by molar-refractivity contribution is 0.102. The first-order valence-corrected chi connectivity index (χ1v) is 8.22. The highest BCUT2D eigenvalue weighted by Gasteiger charge is 2.08. The van der Waals surface area contributed by atoms with Gasteiger partial charge in [-0.05, 0) is 57.8 Å². The van der Waals surface area contributed by atoms with Crippen LogP contribution >= 0.6 is 11.3 Å². The van der Waals surface area contributed by atoms with Gasteiger partial charge in [0.05, 0.1) is 6.61 Å². The normalized spacial score (nSPS) is 10.5. The van der Waals surface area contributed by atoms with Crippen LogP contribution in [0.25, 0.3) is 11.1 Å². The smallest absolute Gasteiger partial charge is 0.255 e. The van der Waals surface area contributed by atoms with Gasteiger partial charge in [-0.25, -0.2) is 0 Å². The summed E-state index contributed by atoms with van der Waals surface area (Å²) in [6, 6.07) is 17.4. The third-order valence-corrected chi connectivity index (χ3v) is 4.16. The summed E-state index contributed by atoms with van der Waals surface area (Å²) < 4.78 is 5.11. The third kappa shape index (κ3) is 3.86. The quantitative estimate of drug-likeness (QED) is 0.731. The van der Waals surface area contributed by atoms with Gasteiger partial charge < -0.3 is 10.1 Å². The summed E-state index contributed by atoms with van der Waals surface area (Å²) in [4.78, 5) is 12.4. The summed E-state index contributed by atoms with van der Waals surface area (Å²) in [6.07, 6.45) is 0. The molecule has 0 aliphatic carbocycles. The molecular formula is C19H17NO2S. The molecule has 1 N–H and O–H groups in total. The molecule has 0 aliphatic heterocycles. The van der Waals surface area contributed by atoms with Crippen molar-refractivity contribution in [2.45, 2.75) is 6.61 Å². The molecule has 1 heterocycles. The van der Waals surface area contributed by atoms with Crippen LogP contribution in [0.4, 0.5) is 5.69 Å². The van der Waals surface area contributed by atoms with Gasteiger partial charge in [-0.1, -0.05) is 24.3 Å². The Morgan fingerprint density at radius 1 is 1.09 bits per heavy atom. The van der Waals surface area contributed by atoms with Gasteiger partial charge in [0.2, 0.25) is 0 Å². The molecule has 0 saturated heterocycles. The number of benzene rings is 2. The number of hydrogen-bond donors (Lipinski definition) is 1. The Bertz CT molecular complexity index is 797. The minimum atomic E-state index is -0.120. The van der Waals surface area contributed by atoms with E-state index in [1.54, 1.807) is 24.5 Å². The van der Waals surface area contributed by atoms with Crippen molar-refractivity contribution in [1.29, 1.82) is 0 Å². The number of amides is 1. The number of hydrogen-bond acceptors (Lipinski definition) is 3. The molecule has 0 unspecified atom stereocenters. The first kappa shape index (κ1) is 15.5. The molecule has 3 nitrogen and oxygen atoms in total. The first-order chi connectivity index (χ1) is 11.3. The number of methoxy groups -OCH3 is 1. The number of anilines is 1. The van der Waals surface area contributed by atoms with Crippen LogP contribution in [0, 0.1) is 0 Å². The lowest BCUT2D eigenvalue weighted by atomic mass is 10.1. The Morgan fingerprint density at radius 2 is 1.96 bits per heavy atom. The van der Waals surface area contributed by atoms with Crippen molar-refractivity contribution in [1.82, 2.24) is 0 Å².